The summed E-state index contributed by atoms with van der Waals surface area (Å²) >= 11 is 6.46. The Morgan fingerprint density at radius 3 is 2.71 bits per heavy atom. The van der Waals surface area contributed by atoms with E-state index in [1.807, 2.05) is 0 Å². The average Bonchev–Trinajstić information content (AvgIpc) is 2.83. The molecule has 6 nitrogen and oxygen atoms in total. The molecule has 1 amide bonds. The van der Waals surface area contributed by atoms with Crippen molar-refractivity contribution in [3.63, 3.8) is 0 Å². The van der Waals surface area contributed by atoms with Gasteiger partial charge < -0.3 is 9.84 Å². The summed E-state index contributed by atoms with van der Waals surface area (Å²) in [5.41, 5.74) is 0.449. The van der Waals surface area contributed by atoms with E-state index in [-0.39, 0.29) is 11.7 Å². The van der Waals surface area contributed by atoms with Crippen molar-refractivity contribution in [3.05, 3.63) is 32.8 Å². The number of phenols is 1. The maximum absolute atomic E-state index is 12.7. The van der Waals surface area contributed by atoms with E-state index in [0.29, 0.717) is 39.2 Å². The number of phenolic OH excluding ortho intramolecular Hbond substituents is 1. The fourth-order valence-electron chi connectivity index (χ4n) is 2.14. The minimum Gasteiger partial charge on any atom is -0.506 e. The van der Waals surface area contributed by atoms with Crippen molar-refractivity contribution in [1.29, 1.82) is 0 Å². The van der Waals surface area contributed by atoms with Gasteiger partial charge in [0.1, 0.15) is 12.4 Å². The van der Waals surface area contributed by atoms with Crippen LogP contribution in [0.2, 0.25) is 0 Å². The molecule has 1 N–H and O–H groups in total. The van der Waals surface area contributed by atoms with Gasteiger partial charge in [0, 0.05) is 12.6 Å². The number of amides is 1. The Bertz CT molecular complexity index is 706. The van der Waals surface area contributed by atoms with E-state index >= 15 is 0 Å². The number of benzene rings is 1. The van der Waals surface area contributed by atoms with Crippen LogP contribution in [-0.2, 0) is 7.05 Å². The third-order valence-corrected chi connectivity index (χ3v) is 4.32. The molecule has 2 heterocycles. The molecule has 1 aliphatic heterocycles. The second-order valence-electron chi connectivity index (χ2n) is 4.58. The zero-order valence-corrected chi connectivity index (χ0v) is 14.2. The first-order chi connectivity index (χ1) is 9.97. The fraction of sp³-hybridized carbons (Fsp3) is 0.231. The first-order valence-corrected chi connectivity index (χ1v) is 7.72. The van der Waals surface area contributed by atoms with Crippen LogP contribution < -0.4 is 9.64 Å². The molecule has 0 fully saturated rings. The van der Waals surface area contributed by atoms with Crippen molar-refractivity contribution >= 4 is 43.6 Å². The molecule has 0 radical (unpaired) electrons. The molecule has 0 unspecified atom stereocenters. The van der Waals surface area contributed by atoms with Gasteiger partial charge in [-0.25, -0.2) is 0 Å². The summed E-state index contributed by atoms with van der Waals surface area (Å²) in [6, 6.07) is 3.17. The molecule has 0 atom stereocenters. The number of hydrogen-bond donors (Lipinski definition) is 1. The summed E-state index contributed by atoms with van der Waals surface area (Å²) < 4.78 is 8.01. The van der Waals surface area contributed by atoms with Gasteiger partial charge in [0.25, 0.3) is 5.91 Å². The number of carbonyl (C=O) groups excluding carboxylic acids is 1. The fourth-order valence-corrected chi connectivity index (χ4v) is 3.33. The summed E-state index contributed by atoms with van der Waals surface area (Å²) in [5, 5.41) is 14.0. The highest BCUT2D eigenvalue weighted by atomic mass is 79.9. The molecule has 0 saturated heterocycles. The minimum atomic E-state index is -0.195. The number of carbonyl (C=O) groups is 1. The number of rotatable bonds is 1. The molecule has 110 valence electrons. The van der Waals surface area contributed by atoms with Crippen LogP contribution in [0.25, 0.3) is 0 Å². The largest absolute Gasteiger partial charge is 0.506 e. The maximum Gasteiger partial charge on any atom is 0.259 e. The smallest absolute Gasteiger partial charge is 0.259 e. The molecule has 1 aromatic carbocycles. The van der Waals surface area contributed by atoms with E-state index in [1.165, 1.54) is 0 Å². The van der Waals surface area contributed by atoms with Gasteiger partial charge in [-0.3, -0.25) is 14.4 Å². The van der Waals surface area contributed by atoms with Gasteiger partial charge in [-0.05, 0) is 44.0 Å². The summed E-state index contributed by atoms with van der Waals surface area (Å²) in [5.74, 6) is 0.967. The average molecular weight is 417 g/mol. The molecule has 0 spiro atoms. The number of anilines is 1. The summed E-state index contributed by atoms with van der Waals surface area (Å²) in [7, 11) is 1.78. The number of halogens is 2. The highest BCUT2D eigenvalue weighted by molar-refractivity contribution is 9.11. The molecule has 8 heteroatoms. The summed E-state index contributed by atoms with van der Waals surface area (Å²) in [6.45, 7) is 0.851. The second-order valence-corrected chi connectivity index (χ2v) is 6.29. The normalized spacial score (nSPS) is 13.8. The van der Waals surface area contributed by atoms with Crippen LogP contribution in [0.3, 0.4) is 0 Å². The van der Waals surface area contributed by atoms with Gasteiger partial charge in [-0.15, -0.1) is 0 Å². The molecule has 1 aliphatic rings. The van der Waals surface area contributed by atoms with Crippen LogP contribution in [0, 0.1) is 0 Å². The van der Waals surface area contributed by atoms with E-state index in [1.54, 1.807) is 35.0 Å². The van der Waals surface area contributed by atoms with Gasteiger partial charge in [0.05, 0.1) is 21.7 Å². The molecular weight excluding hydrogens is 406 g/mol. The predicted molar refractivity (Wildman–Crippen MR) is 83.9 cm³/mol. The van der Waals surface area contributed by atoms with Gasteiger partial charge in [-0.1, -0.05) is 0 Å². The quantitative estimate of drug-likeness (QED) is 0.775. The third-order valence-electron chi connectivity index (χ3n) is 3.11. The Balaban J connectivity index is 2.00. The lowest BCUT2D eigenvalue weighted by molar-refractivity contribution is 0.0975. The van der Waals surface area contributed by atoms with Crippen LogP contribution in [0.1, 0.15) is 10.4 Å². The Kier molecular flexibility index (Phi) is 3.66. The maximum atomic E-state index is 12.7. The first-order valence-electron chi connectivity index (χ1n) is 6.13. The number of fused-ring (bicyclic) bond motifs is 1. The van der Waals surface area contributed by atoms with Crippen molar-refractivity contribution in [2.75, 3.05) is 18.1 Å². The molecule has 3 rings (SSSR count). The van der Waals surface area contributed by atoms with E-state index in [4.69, 9.17) is 4.74 Å². The topological polar surface area (TPSA) is 67.6 Å². The van der Waals surface area contributed by atoms with Crippen molar-refractivity contribution in [2.45, 2.75) is 0 Å². The number of aromatic hydroxyl groups is 1. The summed E-state index contributed by atoms with van der Waals surface area (Å²) in [4.78, 5) is 14.3. The van der Waals surface area contributed by atoms with Crippen molar-refractivity contribution in [2.24, 2.45) is 7.05 Å². The third kappa shape index (κ3) is 2.53. The number of nitrogens with zero attached hydrogens (tertiary/aromatic N) is 3. The van der Waals surface area contributed by atoms with E-state index < -0.39 is 0 Å². The minimum absolute atomic E-state index is 0.0621. The standard InChI is InChI=1S/C13H11Br2N3O3/c1-17-6-10-12(16-17)18(2-3-21-10)13(20)7-4-8(14)11(19)9(15)5-7/h4-6,19H,2-3H2,1H3. The number of hydrogen-bond acceptors (Lipinski definition) is 4. The van der Waals surface area contributed by atoms with Crippen LogP contribution >= 0.6 is 31.9 Å². The Hall–Kier alpha value is -1.54. The van der Waals surface area contributed by atoms with Gasteiger partial charge >= 0.3 is 0 Å². The van der Waals surface area contributed by atoms with Crippen molar-refractivity contribution in [1.82, 2.24) is 9.78 Å². The van der Waals surface area contributed by atoms with E-state index in [9.17, 15) is 9.90 Å². The van der Waals surface area contributed by atoms with Gasteiger partial charge in [0.15, 0.2) is 11.6 Å². The Labute approximate surface area is 137 Å². The van der Waals surface area contributed by atoms with Crippen LogP contribution in [-0.4, -0.2) is 33.9 Å². The predicted octanol–water partition coefficient (Wildman–Crippen LogP) is 2.69. The molecule has 21 heavy (non-hydrogen) atoms. The Morgan fingerprint density at radius 2 is 2.05 bits per heavy atom. The lowest BCUT2D eigenvalue weighted by Crippen LogP contribution is -2.38. The molecule has 0 bridgehead atoms. The molecule has 1 aromatic heterocycles. The van der Waals surface area contributed by atoms with Crippen LogP contribution in [0.4, 0.5) is 5.82 Å². The Morgan fingerprint density at radius 1 is 1.38 bits per heavy atom. The van der Waals surface area contributed by atoms with Crippen LogP contribution in [0.15, 0.2) is 27.3 Å². The van der Waals surface area contributed by atoms with Crippen LogP contribution in [0.5, 0.6) is 11.5 Å². The van der Waals surface area contributed by atoms with Gasteiger partial charge in [-0.2, -0.15) is 5.10 Å². The van der Waals surface area contributed by atoms with E-state index in [0.717, 1.165) is 0 Å². The molecule has 0 saturated carbocycles. The molecule has 0 aliphatic carbocycles. The van der Waals surface area contributed by atoms with E-state index in [2.05, 4.69) is 37.0 Å². The second kappa shape index (κ2) is 5.34. The highest BCUT2D eigenvalue weighted by Gasteiger charge is 2.28. The SMILES string of the molecule is Cn1cc2c(n1)N(C(=O)c1cc(Br)c(O)c(Br)c1)CCO2. The number of aryl methyl sites for hydroxylation is 1. The van der Waals surface area contributed by atoms with Gasteiger partial charge in [0.2, 0.25) is 0 Å². The molecule has 2 aromatic rings. The lowest BCUT2D eigenvalue weighted by atomic mass is 10.2. The first kappa shape index (κ1) is 14.4. The zero-order chi connectivity index (χ0) is 15.1. The monoisotopic (exact) mass is 415 g/mol. The number of aromatic nitrogens is 2. The van der Waals surface area contributed by atoms with Crippen molar-refractivity contribution in [3.8, 4) is 11.5 Å². The highest BCUT2D eigenvalue weighted by Crippen LogP contribution is 2.35. The zero-order valence-electron chi connectivity index (χ0n) is 11.0. The summed E-state index contributed by atoms with van der Waals surface area (Å²) in [6.07, 6.45) is 1.73. The van der Waals surface area contributed by atoms with Crippen molar-refractivity contribution < 1.29 is 14.6 Å². The lowest BCUT2D eigenvalue weighted by Gasteiger charge is -2.25. The molecular formula is C13H11Br2N3O3. The number of ether oxygens (including phenoxy) is 1.